The van der Waals surface area contributed by atoms with Crippen LogP contribution in [0.3, 0.4) is 0 Å². The molecule has 1 amide bonds. The van der Waals surface area contributed by atoms with Gasteiger partial charge in [-0.25, -0.2) is 0 Å². The smallest absolute Gasteiger partial charge is 0.293 e. The molecule has 1 rings (SSSR count). The standard InChI is InChI=1S/C14H21N3O4/c1-4-15-13-11(7-6-8-12(13)17(19)20)14(18)16(5-2)9-10-21-3/h6-8,15H,4-5,9-10H2,1-3H3. The summed E-state index contributed by atoms with van der Waals surface area (Å²) in [5.41, 5.74) is 0.486. The molecule has 0 spiro atoms. The number of nitro benzene ring substituents is 1. The SMILES string of the molecule is CCNc1c(C(=O)N(CC)CCOC)cccc1[N+](=O)[O-]. The van der Waals surface area contributed by atoms with Gasteiger partial charge in [-0.3, -0.25) is 14.9 Å². The molecule has 0 aromatic heterocycles. The van der Waals surface area contributed by atoms with Crippen molar-refractivity contribution in [3.63, 3.8) is 0 Å². The number of benzene rings is 1. The number of ether oxygens (including phenoxy) is 1. The van der Waals surface area contributed by atoms with Crippen LogP contribution in [0.5, 0.6) is 0 Å². The fourth-order valence-corrected chi connectivity index (χ4v) is 2.01. The van der Waals surface area contributed by atoms with Crippen LogP contribution in [0, 0.1) is 10.1 Å². The van der Waals surface area contributed by atoms with Gasteiger partial charge in [0.25, 0.3) is 11.6 Å². The molecular weight excluding hydrogens is 274 g/mol. The van der Waals surface area contributed by atoms with Crippen molar-refractivity contribution < 1.29 is 14.5 Å². The first-order chi connectivity index (χ1) is 10.1. The predicted molar refractivity (Wildman–Crippen MR) is 80.7 cm³/mol. The highest BCUT2D eigenvalue weighted by molar-refractivity contribution is 6.01. The number of rotatable bonds is 8. The molecule has 0 saturated carbocycles. The number of anilines is 1. The number of methoxy groups -OCH3 is 1. The van der Waals surface area contributed by atoms with Crippen molar-refractivity contribution in [2.45, 2.75) is 13.8 Å². The van der Waals surface area contributed by atoms with E-state index >= 15 is 0 Å². The zero-order valence-electron chi connectivity index (χ0n) is 12.6. The number of hydrogen-bond donors (Lipinski definition) is 1. The van der Waals surface area contributed by atoms with Crippen molar-refractivity contribution in [3.05, 3.63) is 33.9 Å². The maximum Gasteiger partial charge on any atom is 0.293 e. The number of carbonyl (C=O) groups is 1. The second-order valence-corrected chi connectivity index (χ2v) is 4.36. The average molecular weight is 295 g/mol. The molecule has 0 radical (unpaired) electrons. The van der Waals surface area contributed by atoms with E-state index in [9.17, 15) is 14.9 Å². The maximum atomic E-state index is 12.6. The van der Waals surface area contributed by atoms with E-state index in [2.05, 4.69) is 5.32 Å². The van der Waals surface area contributed by atoms with Crippen LogP contribution in [0.1, 0.15) is 24.2 Å². The van der Waals surface area contributed by atoms with E-state index in [1.165, 1.54) is 12.1 Å². The molecule has 0 bridgehead atoms. The number of hydrogen-bond acceptors (Lipinski definition) is 5. The molecule has 0 fully saturated rings. The average Bonchev–Trinajstić information content (AvgIpc) is 2.48. The van der Waals surface area contributed by atoms with Crippen LogP contribution in [-0.2, 0) is 4.74 Å². The van der Waals surface area contributed by atoms with Gasteiger partial charge < -0.3 is 15.0 Å². The van der Waals surface area contributed by atoms with Crippen molar-refractivity contribution in [1.82, 2.24) is 4.90 Å². The molecule has 0 atom stereocenters. The fraction of sp³-hybridized carbons (Fsp3) is 0.500. The third kappa shape index (κ3) is 4.16. The molecule has 1 N–H and O–H groups in total. The largest absolute Gasteiger partial charge is 0.383 e. The fourth-order valence-electron chi connectivity index (χ4n) is 2.01. The van der Waals surface area contributed by atoms with Gasteiger partial charge >= 0.3 is 0 Å². The number of para-hydroxylation sites is 1. The van der Waals surface area contributed by atoms with Crippen molar-refractivity contribution >= 4 is 17.3 Å². The normalized spacial score (nSPS) is 10.2. The Hall–Kier alpha value is -2.15. The van der Waals surface area contributed by atoms with Gasteiger partial charge in [0.1, 0.15) is 5.69 Å². The van der Waals surface area contributed by atoms with Gasteiger partial charge in [0.15, 0.2) is 0 Å². The molecule has 0 saturated heterocycles. The van der Waals surface area contributed by atoms with Crippen LogP contribution in [0.2, 0.25) is 0 Å². The Labute approximate surface area is 124 Å². The number of nitro groups is 1. The summed E-state index contributed by atoms with van der Waals surface area (Å²) in [5.74, 6) is -0.241. The van der Waals surface area contributed by atoms with E-state index in [1.807, 2.05) is 13.8 Å². The summed E-state index contributed by atoms with van der Waals surface area (Å²) in [6.45, 7) is 5.56. The van der Waals surface area contributed by atoms with Crippen molar-refractivity contribution in [2.24, 2.45) is 0 Å². The van der Waals surface area contributed by atoms with Crippen LogP contribution in [-0.4, -0.2) is 49.1 Å². The second kappa shape index (κ2) is 8.21. The number of carbonyl (C=O) groups excluding carboxylic acids is 1. The first-order valence-corrected chi connectivity index (χ1v) is 6.86. The lowest BCUT2D eigenvalue weighted by molar-refractivity contribution is -0.384. The molecule has 0 aliphatic carbocycles. The summed E-state index contributed by atoms with van der Waals surface area (Å²) < 4.78 is 4.98. The molecule has 116 valence electrons. The van der Waals surface area contributed by atoms with E-state index in [1.54, 1.807) is 18.1 Å². The first kappa shape index (κ1) is 16.9. The number of likely N-dealkylation sites (N-methyl/N-ethyl adjacent to an activating group) is 1. The van der Waals surface area contributed by atoms with Crippen molar-refractivity contribution in [2.75, 3.05) is 38.7 Å². The quantitative estimate of drug-likeness (QED) is 0.586. The van der Waals surface area contributed by atoms with Gasteiger partial charge in [-0.1, -0.05) is 6.07 Å². The zero-order valence-corrected chi connectivity index (χ0v) is 12.6. The Morgan fingerprint density at radius 1 is 1.43 bits per heavy atom. The van der Waals surface area contributed by atoms with E-state index in [4.69, 9.17) is 4.74 Å². The summed E-state index contributed by atoms with van der Waals surface area (Å²) >= 11 is 0. The lowest BCUT2D eigenvalue weighted by atomic mass is 10.1. The van der Waals surface area contributed by atoms with Gasteiger partial charge in [-0.15, -0.1) is 0 Å². The molecule has 7 nitrogen and oxygen atoms in total. The summed E-state index contributed by atoms with van der Waals surface area (Å²) in [4.78, 5) is 24.8. The highest BCUT2D eigenvalue weighted by atomic mass is 16.6. The molecule has 7 heteroatoms. The predicted octanol–water partition coefficient (Wildman–Crippen LogP) is 2.14. The van der Waals surface area contributed by atoms with Gasteiger partial charge in [0, 0.05) is 32.8 Å². The van der Waals surface area contributed by atoms with E-state index < -0.39 is 4.92 Å². The second-order valence-electron chi connectivity index (χ2n) is 4.36. The third-order valence-electron chi connectivity index (χ3n) is 3.06. The third-order valence-corrected chi connectivity index (χ3v) is 3.06. The molecule has 0 heterocycles. The van der Waals surface area contributed by atoms with E-state index in [0.717, 1.165) is 0 Å². The zero-order chi connectivity index (χ0) is 15.8. The minimum atomic E-state index is -0.486. The molecule has 0 aliphatic heterocycles. The lowest BCUT2D eigenvalue weighted by Gasteiger charge is -2.22. The minimum absolute atomic E-state index is 0.0921. The van der Waals surface area contributed by atoms with Crippen LogP contribution < -0.4 is 5.32 Å². The Kier molecular flexibility index (Phi) is 6.61. The van der Waals surface area contributed by atoms with Crippen LogP contribution >= 0.6 is 0 Å². The highest BCUT2D eigenvalue weighted by Crippen LogP contribution is 2.29. The maximum absolute atomic E-state index is 12.6. The Morgan fingerprint density at radius 2 is 2.14 bits per heavy atom. The summed E-state index contributed by atoms with van der Waals surface area (Å²) in [6.07, 6.45) is 0. The van der Waals surface area contributed by atoms with Gasteiger partial charge in [0.2, 0.25) is 0 Å². The van der Waals surface area contributed by atoms with Gasteiger partial charge in [-0.2, -0.15) is 0 Å². The molecule has 1 aromatic rings. The monoisotopic (exact) mass is 295 g/mol. The molecule has 0 unspecified atom stereocenters. The highest BCUT2D eigenvalue weighted by Gasteiger charge is 2.23. The van der Waals surface area contributed by atoms with E-state index in [-0.39, 0.29) is 17.3 Å². The van der Waals surface area contributed by atoms with Crippen LogP contribution in [0.4, 0.5) is 11.4 Å². The molecule has 21 heavy (non-hydrogen) atoms. The van der Waals surface area contributed by atoms with Crippen molar-refractivity contribution in [1.29, 1.82) is 0 Å². The molecule has 0 aliphatic rings. The van der Waals surface area contributed by atoms with Crippen LogP contribution in [0.15, 0.2) is 18.2 Å². The number of amides is 1. The number of nitrogens with zero attached hydrogens (tertiary/aromatic N) is 2. The summed E-state index contributed by atoms with van der Waals surface area (Å²) in [7, 11) is 1.57. The Morgan fingerprint density at radius 3 is 2.67 bits per heavy atom. The van der Waals surface area contributed by atoms with E-state index in [0.29, 0.717) is 31.8 Å². The molecule has 1 aromatic carbocycles. The van der Waals surface area contributed by atoms with Gasteiger partial charge in [-0.05, 0) is 19.9 Å². The lowest BCUT2D eigenvalue weighted by Crippen LogP contribution is -2.34. The minimum Gasteiger partial charge on any atom is -0.383 e. The molecular formula is C14H21N3O4. The Balaban J connectivity index is 3.18. The topological polar surface area (TPSA) is 84.7 Å². The summed E-state index contributed by atoms with van der Waals surface area (Å²) in [5, 5.41) is 14.0. The Bertz CT molecular complexity index is 505. The van der Waals surface area contributed by atoms with Crippen molar-refractivity contribution in [3.8, 4) is 0 Å². The number of nitrogens with one attached hydrogen (secondary N) is 1. The van der Waals surface area contributed by atoms with Crippen LogP contribution in [0.25, 0.3) is 0 Å². The first-order valence-electron chi connectivity index (χ1n) is 6.86. The summed E-state index contributed by atoms with van der Waals surface area (Å²) in [6, 6.07) is 4.51. The van der Waals surface area contributed by atoms with Gasteiger partial charge in [0.05, 0.1) is 17.1 Å².